The smallest absolute Gasteiger partial charge is 0.192 e. The lowest BCUT2D eigenvalue weighted by Crippen LogP contribution is -2.41. The Balaban J connectivity index is 3.41. The highest BCUT2D eigenvalue weighted by atomic mass is 127. The molecule has 0 fully saturated rings. The van der Waals surface area contributed by atoms with Gasteiger partial charge in [0.05, 0.1) is 13.2 Å². The monoisotopic (exact) mass is 386 g/mol. The largest absolute Gasteiger partial charge is 0.414 e. The molecule has 0 rings (SSSR count). The van der Waals surface area contributed by atoms with Gasteiger partial charge in [-0.1, -0.05) is 56.2 Å². The molecule has 18 heavy (non-hydrogen) atoms. The van der Waals surface area contributed by atoms with Crippen LogP contribution in [0.2, 0.25) is 18.1 Å². The van der Waals surface area contributed by atoms with E-state index in [4.69, 9.17) is 9.16 Å². The van der Waals surface area contributed by atoms with Gasteiger partial charge in [0, 0.05) is 6.61 Å². The molecular formula is C14H31IO2Si. The van der Waals surface area contributed by atoms with E-state index in [1.165, 1.54) is 30.1 Å². The third-order valence-corrected chi connectivity index (χ3v) is 8.97. The normalized spacial score (nSPS) is 13.0. The van der Waals surface area contributed by atoms with Gasteiger partial charge in [0.1, 0.15) is 0 Å². The summed E-state index contributed by atoms with van der Waals surface area (Å²) in [7, 11) is -1.57. The Hall–Kier alpha value is 0.867. The molecule has 0 aliphatic rings. The second-order valence-electron chi connectivity index (χ2n) is 6.32. The van der Waals surface area contributed by atoms with Crippen LogP contribution in [-0.4, -0.2) is 32.6 Å². The maximum atomic E-state index is 6.05. The van der Waals surface area contributed by atoms with Crippen LogP contribution in [0.1, 0.15) is 46.5 Å². The second kappa shape index (κ2) is 9.72. The highest BCUT2D eigenvalue weighted by Gasteiger charge is 2.36. The fraction of sp³-hybridized carbons (Fsp3) is 1.00. The lowest BCUT2D eigenvalue weighted by Gasteiger charge is -2.36. The molecule has 0 aromatic carbocycles. The zero-order chi connectivity index (χ0) is 14.1. The summed E-state index contributed by atoms with van der Waals surface area (Å²) in [6, 6.07) is 0. The minimum atomic E-state index is -1.57. The summed E-state index contributed by atoms with van der Waals surface area (Å²) < 4.78 is 12.9. The van der Waals surface area contributed by atoms with E-state index < -0.39 is 8.32 Å². The van der Waals surface area contributed by atoms with Gasteiger partial charge in [-0.25, -0.2) is 0 Å². The van der Waals surface area contributed by atoms with E-state index in [0.29, 0.717) is 5.04 Å². The quantitative estimate of drug-likeness (QED) is 0.227. The highest BCUT2D eigenvalue weighted by molar-refractivity contribution is 14.1. The third kappa shape index (κ3) is 8.88. The van der Waals surface area contributed by atoms with Crippen molar-refractivity contribution in [3.05, 3.63) is 0 Å². The van der Waals surface area contributed by atoms with E-state index in [0.717, 1.165) is 19.8 Å². The maximum absolute atomic E-state index is 6.05. The van der Waals surface area contributed by atoms with E-state index in [1.807, 2.05) is 0 Å². The summed E-state index contributed by atoms with van der Waals surface area (Å²) >= 11 is 2.44. The molecule has 0 saturated carbocycles. The van der Waals surface area contributed by atoms with Crippen LogP contribution in [0.5, 0.6) is 0 Å². The molecule has 0 heterocycles. The average molecular weight is 386 g/mol. The summed E-state index contributed by atoms with van der Waals surface area (Å²) in [5.74, 6) is 0. The van der Waals surface area contributed by atoms with Gasteiger partial charge >= 0.3 is 0 Å². The lowest BCUT2D eigenvalue weighted by atomic mass is 10.2. The van der Waals surface area contributed by atoms with Gasteiger partial charge in [-0.3, -0.25) is 0 Å². The molecule has 4 heteroatoms. The van der Waals surface area contributed by atoms with E-state index in [-0.39, 0.29) is 0 Å². The predicted octanol–water partition coefficient (Wildman–Crippen LogP) is 5.02. The number of rotatable bonds is 10. The van der Waals surface area contributed by atoms with Crippen LogP contribution in [0.15, 0.2) is 0 Å². The van der Waals surface area contributed by atoms with E-state index >= 15 is 0 Å². The number of alkyl halides is 1. The molecule has 0 bridgehead atoms. The number of unbranched alkanes of at least 4 members (excludes halogenated alkanes) is 3. The molecule has 0 aliphatic carbocycles. The molecule has 0 N–H and O–H groups in total. The Kier molecular flexibility index (Phi) is 10.2. The van der Waals surface area contributed by atoms with E-state index in [2.05, 4.69) is 56.5 Å². The van der Waals surface area contributed by atoms with Gasteiger partial charge in [-0.2, -0.15) is 0 Å². The van der Waals surface area contributed by atoms with Crippen LogP contribution >= 0.6 is 22.6 Å². The molecule has 0 spiro atoms. The standard InChI is InChI=1S/C14H31IO2Si/c1-14(2,3)18(4,5)17-13-12-16-11-9-7-6-8-10-15/h6-13H2,1-5H3. The van der Waals surface area contributed by atoms with Crippen molar-refractivity contribution in [2.75, 3.05) is 24.2 Å². The molecule has 0 atom stereocenters. The first kappa shape index (κ1) is 18.9. The van der Waals surface area contributed by atoms with Crippen molar-refractivity contribution in [3.8, 4) is 0 Å². The fourth-order valence-electron chi connectivity index (χ4n) is 1.33. The van der Waals surface area contributed by atoms with Crippen LogP contribution in [0, 0.1) is 0 Å². The summed E-state index contributed by atoms with van der Waals surface area (Å²) in [4.78, 5) is 0. The molecule has 0 unspecified atom stereocenters. The molecule has 0 aliphatic heterocycles. The summed E-state index contributed by atoms with van der Waals surface area (Å²) in [5, 5.41) is 0.298. The Morgan fingerprint density at radius 1 is 0.889 bits per heavy atom. The molecule has 110 valence electrons. The van der Waals surface area contributed by atoms with Gasteiger partial charge < -0.3 is 9.16 Å². The Labute approximate surface area is 128 Å². The Morgan fingerprint density at radius 3 is 2.06 bits per heavy atom. The molecule has 0 amide bonds. The van der Waals surface area contributed by atoms with Crippen molar-refractivity contribution in [1.82, 2.24) is 0 Å². The summed E-state index contributed by atoms with van der Waals surface area (Å²) in [5.41, 5.74) is 0. The van der Waals surface area contributed by atoms with Crippen LogP contribution in [0.3, 0.4) is 0 Å². The van der Waals surface area contributed by atoms with Gasteiger partial charge in [0.25, 0.3) is 0 Å². The molecule has 0 aromatic heterocycles. The van der Waals surface area contributed by atoms with Crippen LogP contribution in [0.25, 0.3) is 0 Å². The van der Waals surface area contributed by atoms with Gasteiger partial charge in [-0.05, 0) is 35.4 Å². The Morgan fingerprint density at radius 2 is 1.50 bits per heavy atom. The minimum Gasteiger partial charge on any atom is -0.414 e. The van der Waals surface area contributed by atoms with Crippen LogP contribution < -0.4 is 0 Å². The zero-order valence-electron chi connectivity index (χ0n) is 12.9. The molecule has 0 aromatic rings. The zero-order valence-corrected chi connectivity index (χ0v) is 16.0. The van der Waals surface area contributed by atoms with Crippen LogP contribution in [-0.2, 0) is 9.16 Å². The highest BCUT2D eigenvalue weighted by Crippen LogP contribution is 2.36. The minimum absolute atomic E-state index is 0.298. The van der Waals surface area contributed by atoms with Gasteiger partial charge in [-0.15, -0.1) is 0 Å². The lowest BCUT2D eigenvalue weighted by molar-refractivity contribution is 0.0926. The van der Waals surface area contributed by atoms with Gasteiger partial charge in [0.15, 0.2) is 8.32 Å². The first-order chi connectivity index (χ1) is 8.31. The Bertz CT molecular complexity index is 202. The predicted molar refractivity (Wildman–Crippen MR) is 91.3 cm³/mol. The first-order valence-corrected chi connectivity index (χ1v) is 11.5. The SMILES string of the molecule is CC(C)(C)[Si](C)(C)OCCOCCCCCCI. The van der Waals surface area contributed by atoms with E-state index in [9.17, 15) is 0 Å². The van der Waals surface area contributed by atoms with Crippen molar-refractivity contribution >= 4 is 30.9 Å². The van der Waals surface area contributed by atoms with E-state index in [1.54, 1.807) is 0 Å². The third-order valence-electron chi connectivity index (χ3n) is 3.67. The maximum Gasteiger partial charge on any atom is 0.192 e. The van der Waals surface area contributed by atoms with Crippen molar-refractivity contribution in [1.29, 1.82) is 0 Å². The number of hydrogen-bond donors (Lipinski definition) is 0. The molecular weight excluding hydrogens is 355 g/mol. The average Bonchev–Trinajstić information content (AvgIpc) is 2.25. The van der Waals surface area contributed by atoms with Crippen LogP contribution in [0.4, 0.5) is 0 Å². The number of halogens is 1. The molecule has 0 radical (unpaired) electrons. The van der Waals surface area contributed by atoms with Crippen molar-refractivity contribution in [3.63, 3.8) is 0 Å². The fourth-order valence-corrected chi connectivity index (χ4v) is 2.89. The van der Waals surface area contributed by atoms with Crippen molar-refractivity contribution in [2.45, 2.75) is 64.6 Å². The number of hydrogen-bond acceptors (Lipinski definition) is 2. The van der Waals surface area contributed by atoms with Gasteiger partial charge in [0.2, 0.25) is 0 Å². The van der Waals surface area contributed by atoms with Crippen molar-refractivity contribution < 1.29 is 9.16 Å². The van der Waals surface area contributed by atoms with Crippen molar-refractivity contribution in [2.24, 2.45) is 0 Å². The number of ether oxygens (including phenoxy) is 1. The first-order valence-electron chi connectivity index (χ1n) is 7.09. The summed E-state index contributed by atoms with van der Waals surface area (Å²) in [6.45, 7) is 13.8. The molecule has 0 saturated heterocycles. The summed E-state index contributed by atoms with van der Waals surface area (Å²) in [6.07, 6.45) is 5.17. The molecule has 2 nitrogen and oxygen atoms in total. The second-order valence-corrected chi connectivity index (χ2v) is 12.2. The topological polar surface area (TPSA) is 18.5 Å².